The molecule has 2 rings (SSSR count). The minimum Gasteiger partial charge on any atom is -0.623 e. The first kappa shape index (κ1) is 23.3. The van der Waals surface area contributed by atoms with Gasteiger partial charge in [-0.15, -0.1) is 12.8 Å². The van der Waals surface area contributed by atoms with Crippen LogP contribution in [0.4, 0.5) is 4.79 Å². The van der Waals surface area contributed by atoms with Crippen molar-refractivity contribution in [2.24, 2.45) is 0 Å². The van der Waals surface area contributed by atoms with Gasteiger partial charge in [0.25, 0.3) is 0 Å². The lowest BCUT2D eigenvalue weighted by molar-refractivity contribution is -0.530. The highest BCUT2D eigenvalue weighted by Crippen LogP contribution is 2.39. The van der Waals surface area contributed by atoms with Crippen molar-refractivity contribution in [2.75, 3.05) is 26.7 Å². The number of ether oxygens (including phenoxy) is 1. The van der Waals surface area contributed by atoms with E-state index in [1.165, 1.54) is 11.1 Å². The molecule has 0 aliphatic heterocycles. The van der Waals surface area contributed by atoms with E-state index in [0.717, 1.165) is 28.7 Å². The molecule has 160 valence electrons. The number of carbonyl (C=O) groups is 1. The quantitative estimate of drug-likeness (QED) is 0.238. The number of aryl methyl sites for hydroxylation is 1. The van der Waals surface area contributed by atoms with Gasteiger partial charge in [-0.25, -0.2) is 9.53 Å². The minimum atomic E-state index is -0.612. The van der Waals surface area contributed by atoms with Crippen LogP contribution in [0.2, 0.25) is 0 Å². The molecule has 0 spiro atoms. The summed E-state index contributed by atoms with van der Waals surface area (Å²) in [6.45, 7) is 8.74. The monoisotopic (exact) mass is 409 g/mol. The fourth-order valence-corrected chi connectivity index (χ4v) is 3.33. The lowest BCUT2D eigenvalue weighted by Crippen LogP contribution is -2.31. The number of rotatable bonds is 6. The first-order valence-corrected chi connectivity index (χ1v) is 10.1. The van der Waals surface area contributed by atoms with Crippen molar-refractivity contribution in [3.63, 3.8) is 0 Å². The predicted molar refractivity (Wildman–Crippen MR) is 120 cm³/mol. The molecule has 1 atom stereocenters. The molecule has 0 saturated carbocycles. The summed E-state index contributed by atoms with van der Waals surface area (Å²) >= 11 is 0. The summed E-state index contributed by atoms with van der Waals surface area (Å²) < 4.78 is 6.56. The Labute approximate surface area is 180 Å². The third-order valence-corrected chi connectivity index (χ3v) is 5.25. The Kier molecular flexibility index (Phi) is 7.54. The molecule has 6 nitrogen and oxygen atoms in total. The summed E-state index contributed by atoms with van der Waals surface area (Å²) in [5.74, 6) is 5.69. The van der Waals surface area contributed by atoms with Crippen LogP contribution in [-0.2, 0) is 6.42 Å². The number of terminal acetylenes is 2. The normalized spacial score (nSPS) is 16.0. The van der Waals surface area contributed by atoms with Gasteiger partial charge < -0.3 is 14.8 Å². The van der Waals surface area contributed by atoms with Crippen LogP contribution in [0.1, 0.15) is 56.8 Å². The largest absolute Gasteiger partial charge is 0.623 e. The maximum Gasteiger partial charge on any atom is 0.414 e. The SMILES string of the molecule is C#CCN(CC#C)[C@@H]1CCc2cc(/C=[N+](\[O-])C(C)(C)C)c(OC(=O)N(C)CC)cc21. The summed E-state index contributed by atoms with van der Waals surface area (Å²) in [5, 5.41) is 12.6. The van der Waals surface area contributed by atoms with E-state index in [1.807, 2.05) is 39.8 Å². The summed E-state index contributed by atoms with van der Waals surface area (Å²) in [6.07, 6.45) is 13.8. The zero-order valence-electron chi connectivity index (χ0n) is 18.6. The second-order valence-corrected chi connectivity index (χ2v) is 8.46. The maximum atomic E-state index is 12.6. The van der Waals surface area contributed by atoms with E-state index in [0.29, 0.717) is 30.9 Å². The van der Waals surface area contributed by atoms with Crippen LogP contribution < -0.4 is 4.74 Å². The highest BCUT2D eigenvalue weighted by Gasteiger charge is 2.30. The van der Waals surface area contributed by atoms with Gasteiger partial charge in [-0.2, -0.15) is 0 Å². The minimum absolute atomic E-state index is 0.0495. The van der Waals surface area contributed by atoms with Crippen molar-refractivity contribution < 1.29 is 14.3 Å². The number of hydrogen-bond acceptors (Lipinski definition) is 4. The Hall–Kier alpha value is -2.96. The fourth-order valence-electron chi connectivity index (χ4n) is 3.33. The van der Waals surface area contributed by atoms with Crippen LogP contribution in [0.5, 0.6) is 5.75 Å². The van der Waals surface area contributed by atoms with E-state index in [1.54, 1.807) is 7.05 Å². The van der Waals surface area contributed by atoms with E-state index < -0.39 is 11.6 Å². The average Bonchev–Trinajstić information content (AvgIpc) is 3.09. The molecular formula is C24H31N3O3. The topological polar surface area (TPSA) is 58.9 Å². The van der Waals surface area contributed by atoms with Gasteiger partial charge in [0.05, 0.1) is 18.7 Å². The molecule has 0 heterocycles. The molecule has 6 heteroatoms. The smallest absolute Gasteiger partial charge is 0.414 e. The molecule has 0 bridgehead atoms. The van der Waals surface area contributed by atoms with Crippen molar-refractivity contribution in [1.29, 1.82) is 0 Å². The van der Waals surface area contributed by atoms with Crippen molar-refractivity contribution in [2.45, 2.75) is 52.1 Å². The summed E-state index contributed by atoms with van der Waals surface area (Å²) in [7, 11) is 1.67. The van der Waals surface area contributed by atoms with Gasteiger partial charge in [-0.05, 0) is 43.0 Å². The first-order valence-electron chi connectivity index (χ1n) is 10.1. The van der Waals surface area contributed by atoms with E-state index in [4.69, 9.17) is 17.6 Å². The molecule has 1 aliphatic carbocycles. The molecule has 0 radical (unpaired) electrons. The van der Waals surface area contributed by atoms with E-state index in [-0.39, 0.29) is 6.04 Å². The third-order valence-electron chi connectivity index (χ3n) is 5.25. The summed E-state index contributed by atoms with van der Waals surface area (Å²) in [4.78, 5) is 16.0. The van der Waals surface area contributed by atoms with Crippen molar-refractivity contribution in [3.05, 3.63) is 34.0 Å². The number of nitrogens with zero attached hydrogens (tertiary/aromatic N) is 3. The molecule has 30 heavy (non-hydrogen) atoms. The van der Waals surface area contributed by atoms with Crippen LogP contribution in [0.25, 0.3) is 0 Å². The lowest BCUT2D eigenvalue weighted by Gasteiger charge is -2.26. The van der Waals surface area contributed by atoms with E-state index >= 15 is 0 Å². The number of fused-ring (bicyclic) bond motifs is 1. The number of amides is 1. The first-order chi connectivity index (χ1) is 14.1. The lowest BCUT2D eigenvalue weighted by atomic mass is 10.0. The van der Waals surface area contributed by atoms with Gasteiger partial charge in [-0.1, -0.05) is 11.8 Å². The van der Waals surface area contributed by atoms with E-state index in [2.05, 4.69) is 16.7 Å². The van der Waals surface area contributed by atoms with Gasteiger partial charge in [0.1, 0.15) is 5.75 Å². The Bertz CT molecular complexity index is 884. The standard InChI is InChI=1S/C24H31N3O3/c1-8-13-26(14-9-2)21-12-11-18-15-19(17-27(29)24(4,5)6)22(16-20(18)21)30-23(28)25(7)10-3/h1-2,15-17,21H,10-14H2,3-7H3/b27-17-/t21-/m1/s1. The molecule has 0 aromatic heterocycles. The average molecular weight is 410 g/mol. The van der Waals surface area contributed by atoms with Crippen LogP contribution in [0, 0.1) is 29.9 Å². The molecular weight excluding hydrogens is 378 g/mol. The van der Waals surface area contributed by atoms with E-state index in [9.17, 15) is 10.0 Å². The van der Waals surface area contributed by atoms with Gasteiger partial charge >= 0.3 is 6.09 Å². The van der Waals surface area contributed by atoms with Gasteiger partial charge in [0.2, 0.25) is 0 Å². The van der Waals surface area contributed by atoms with Gasteiger partial charge in [-0.3, -0.25) is 4.90 Å². The van der Waals surface area contributed by atoms with Gasteiger partial charge in [0, 0.05) is 40.4 Å². The van der Waals surface area contributed by atoms with Crippen LogP contribution in [0.3, 0.4) is 0 Å². The Balaban J connectivity index is 2.54. The van der Waals surface area contributed by atoms with Gasteiger partial charge in [0.15, 0.2) is 11.8 Å². The zero-order valence-corrected chi connectivity index (χ0v) is 18.6. The van der Waals surface area contributed by atoms with Crippen molar-refractivity contribution in [1.82, 2.24) is 9.80 Å². The number of hydrogen-bond donors (Lipinski definition) is 0. The molecule has 1 aliphatic rings. The Morgan fingerprint density at radius 3 is 2.50 bits per heavy atom. The van der Waals surface area contributed by atoms with Crippen LogP contribution in [0.15, 0.2) is 12.1 Å². The summed E-state index contributed by atoms with van der Waals surface area (Å²) in [5.41, 5.74) is 2.11. The molecule has 0 fully saturated rings. The Morgan fingerprint density at radius 1 is 1.33 bits per heavy atom. The van der Waals surface area contributed by atoms with Crippen molar-refractivity contribution >= 4 is 12.3 Å². The number of carbonyl (C=O) groups excluding carboxylic acids is 1. The maximum absolute atomic E-state index is 12.6. The highest BCUT2D eigenvalue weighted by molar-refractivity contribution is 5.83. The molecule has 1 aromatic rings. The van der Waals surface area contributed by atoms with Crippen molar-refractivity contribution in [3.8, 4) is 30.4 Å². The predicted octanol–water partition coefficient (Wildman–Crippen LogP) is 3.42. The van der Waals surface area contributed by atoms with Crippen LogP contribution >= 0.6 is 0 Å². The Morgan fingerprint density at radius 2 is 1.97 bits per heavy atom. The molecule has 1 amide bonds. The molecule has 0 unspecified atom stereocenters. The van der Waals surface area contributed by atoms with Crippen LogP contribution in [-0.4, -0.2) is 59.1 Å². The zero-order chi connectivity index (χ0) is 22.5. The molecule has 0 saturated heterocycles. The second-order valence-electron chi connectivity index (χ2n) is 8.46. The highest BCUT2D eigenvalue weighted by atomic mass is 16.6. The molecule has 1 aromatic carbocycles. The fraction of sp³-hybridized carbons (Fsp3) is 0.500. The summed E-state index contributed by atoms with van der Waals surface area (Å²) in [6, 6.07) is 3.84. The second kappa shape index (κ2) is 9.69. The third kappa shape index (κ3) is 5.34. The molecule has 0 N–H and O–H groups in total. The number of benzene rings is 1. The number of hydroxylamine groups is 1.